The maximum atomic E-state index is 11.7. The number of amides is 1. The van der Waals surface area contributed by atoms with E-state index in [4.69, 9.17) is 21.6 Å². The molecular weight excluding hydrogens is 298 g/mol. The van der Waals surface area contributed by atoms with Crippen LogP contribution in [0.15, 0.2) is 18.2 Å². The molecule has 0 heterocycles. The summed E-state index contributed by atoms with van der Waals surface area (Å²) in [6.45, 7) is 0.473. The Bertz CT molecular complexity index is 571. The zero-order chi connectivity index (χ0) is 15.8. The molecule has 0 radical (unpaired) electrons. The van der Waals surface area contributed by atoms with Crippen LogP contribution in [0.1, 0.15) is 12.8 Å². The third-order valence-corrected chi connectivity index (χ3v) is 2.98. The number of non-ortho nitro benzene ring substituents is 1. The van der Waals surface area contributed by atoms with Crippen LogP contribution in [0.25, 0.3) is 0 Å². The Balaban J connectivity index is 2.48. The van der Waals surface area contributed by atoms with Crippen LogP contribution >= 0.6 is 11.6 Å². The average Bonchev–Trinajstić information content (AvgIpc) is 2.45. The minimum absolute atomic E-state index is 0.104. The van der Waals surface area contributed by atoms with Crippen molar-refractivity contribution in [2.24, 2.45) is 0 Å². The topological polar surface area (TPSA) is 96.5 Å². The maximum Gasteiger partial charge on any atom is 0.271 e. The molecule has 1 amide bonds. The van der Waals surface area contributed by atoms with Gasteiger partial charge in [0.1, 0.15) is 5.75 Å². The fraction of sp³-hybridized carbons (Fsp3) is 0.385. The van der Waals surface area contributed by atoms with Crippen molar-refractivity contribution in [2.45, 2.75) is 12.8 Å². The third kappa shape index (κ3) is 5.28. The van der Waals surface area contributed by atoms with Crippen LogP contribution in [0.3, 0.4) is 0 Å². The quantitative estimate of drug-likeness (QED) is 0.569. The van der Waals surface area contributed by atoms with E-state index in [0.717, 1.165) is 0 Å². The van der Waals surface area contributed by atoms with Crippen molar-refractivity contribution in [3.05, 3.63) is 33.3 Å². The summed E-state index contributed by atoms with van der Waals surface area (Å²) in [4.78, 5) is 23.1. The summed E-state index contributed by atoms with van der Waals surface area (Å²) in [6, 6.07) is 5.82. The zero-order valence-corrected chi connectivity index (χ0v) is 12.2. The van der Waals surface area contributed by atoms with Gasteiger partial charge in [-0.2, -0.15) is 5.26 Å². The number of ether oxygens (including phenoxy) is 1. The van der Waals surface area contributed by atoms with E-state index in [9.17, 15) is 14.9 Å². The van der Waals surface area contributed by atoms with E-state index in [1.54, 1.807) is 7.05 Å². The molecule has 7 nitrogen and oxygen atoms in total. The van der Waals surface area contributed by atoms with Gasteiger partial charge in [-0.15, -0.1) is 0 Å². The smallest absolute Gasteiger partial charge is 0.271 e. The van der Waals surface area contributed by atoms with Gasteiger partial charge in [0.2, 0.25) is 5.91 Å². The minimum atomic E-state index is -0.552. The molecule has 8 heteroatoms. The van der Waals surface area contributed by atoms with Gasteiger partial charge < -0.3 is 9.64 Å². The van der Waals surface area contributed by atoms with Gasteiger partial charge in [-0.05, 0) is 6.07 Å². The second-order valence-corrected chi connectivity index (χ2v) is 4.60. The summed E-state index contributed by atoms with van der Waals surface area (Å²) in [6.07, 6.45) is 0.409. The SMILES string of the molecule is CN(CCC#N)C(=O)CCOc1ccc([N+](=O)[O-])cc1Cl. The van der Waals surface area contributed by atoms with Gasteiger partial charge in [0.25, 0.3) is 5.69 Å². The molecular formula is C13H14ClN3O4. The van der Waals surface area contributed by atoms with Crippen LogP contribution in [0.5, 0.6) is 5.75 Å². The Hall–Kier alpha value is -2.33. The molecule has 0 aliphatic carbocycles. The highest BCUT2D eigenvalue weighted by atomic mass is 35.5. The first kappa shape index (κ1) is 16.7. The summed E-state index contributed by atoms with van der Waals surface area (Å²) in [5.41, 5.74) is -0.125. The fourth-order valence-corrected chi connectivity index (χ4v) is 1.73. The summed E-state index contributed by atoms with van der Waals surface area (Å²) >= 11 is 5.86. The van der Waals surface area contributed by atoms with Crippen LogP contribution < -0.4 is 4.74 Å². The number of carbonyl (C=O) groups is 1. The van der Waals surface area contributed by atoms with Gasteiger partial charge in [-0.3, -0.25) is 14.9 Å². The molecule has 112 valence electrons. The molecule has 0 spiro atoms. The van der Waals surface area contributed by atoms with Crippen LogP contribution in [0.2, 0.25) is 5.02 Å². The number of nitriles is 1. The standard InChI is InChI=1S/C13H14ClN3O4/c1-16(7-2-6-15)13(18)5-8-21-12-4-3-10(17(19)20)9-11(12)14/h3-4,9H,2,5,7-8H2,1H3. The highest BCUT2D eigenvalue weighted by Crippen LogP contribution is 2.28. The Morgan fingerprint density at radius 3 is 2.86 bits per heavy atom. The molecule has 0 bridgehead atoms. The molecule has 1 aromatic rings. The Morgan fingerprint density at radius 1 is 1.57 bits per heavy atom. The van der Waals surface area contributed by atoms with E-state index < -0.39 is 4.92 Å². The average molecular weight is 312 g/mol. The van der Waals surface area contributed by atoms with Crippen molar-refractivity contribution in [1.82, 2.24) is 4.90 Å². The van der Waals surface area contributed by atoms with Gasteiger partial charge in [-0.25, -0.2) is 0 Å². The lowest BCUT2D eigenvalue weighted by atomic mass is 10.3. The highest BCUT2D eigenvalue weighted by molar-refractivity contribution is 6.32. The van der Waals surface area contributed by atoms with Gasteiger partial charge in [0.05, 0.1) is 35.5 Å². The Kier molecular flexibility index (Phi) is 6.43. The maximum absolute atomic E-state index is 11.7. The number of rotatable bonds is 7. The van der Waals surface area contributed by atoms with Crippen molar-refractivity contribution in [3.63, 3.8) is 0 Å². The number of benzene rings is 1. The van der Waals surface area contributed by atoms with Gasteiger partial charge in [-0.1, -0.05) is 11.6 Å². The van der Waals surface area contributed by atoms with E-state index in [2.05, 4.69) is 0 Å². The highest BCUT2D eigenvalue weighted by Gasteiger charge is 2.12. The number of nitro benzene ring substituents is 1. The molecule has 1 rings (SSSR count). The summed E-state index contributed by atoms with van der Waals surface area (Å²) in [7, 11) is 1.61. The van der Waals surface area contributed by atoms with E-state index in [1.165, 1.54) is 23.1 Å². The largest absolute Gasteiger partial charge is 0.491 e. The summed E-state index contributed by atoms with van der Waals surface area (Å²) < 4.78 is 5.33. The third-order valence-electron chi connectivity index (χ3n) is 2.68. The van der Waals surface area contributed by atoms with E-state index in [1.807, 2.05) is 6.07 Å². The number of halogens is 1. The molecule has 21 heavy (non-hydrogen) atoms. The molecule has 0 atom stereocenters. The first-order valence-corrected chi connectivity index (χ1v) is 6.51. The fourth-order valence-electron chi connectivity index (χ4n) is 1.50. The van der Waals surface area contributed by atoms with E-state index in [0.29, 0.717) is 6.54 Å². The zero-order valence-electron chi connectivity index (χ0n) is 11.4. The molecule has 0 aliphatic heterocycles. The molecule has 0 aliphatic rings. The predicted molar refractivity (Wildman–Crippen MR) is 76.1 cm³/mol. The van der Waals surface area contributed by atoms with Gasteiger partial charge in [0, 0.05) is 25.7 Å². The van der Waals surface area contributed by atoms with Crippen molar-refractivity contribution in [3.8, 4) is 11.8 Å². The number of nitro groups is 1. The van der Waals surface area contributed by atoms with E-state index >= 15 is 0 Å². The van der Waals surface area contributed by atoms with Crippen molar-refractivity contribution < 1.29 is 14.5 Å². The lowest BCUT2D eigenvalue weighted by Gasteiger charge is -2.15. The minimum Gasteiger partial charge on any atom is -0.491 e. The molecule has 0 saturated carbocycles. The van der Waals surface area contributed by atoms with Crippen molar-refractivity contribution in [2.75, 3.05) is 20.2 Å². The second kappa shape index (κ2) is 8.07. The van der Waals surface area contributed by atoms with Crippen molar-refractivity contribution in [1.29, 1.82) is 5.26 Å². The van der Waals surface area contributed by atoms with Crippen LogP contribution in [0.4, 0.5) is 5.69 Å². The number of hydrogen-bond acceptors (Lipinski definition) is 5. The monoisotopic (exact) mass is 311 g/mol. The first-order valence-electron chi connectivity index (χ1n) is 6.13. The predicted octanol–water partition coefficient (Wildman–Crippen LogP) is 2.39. The summed E-state index contributed by atoms with van der Waals surface area (Å²) in [5, 5.41) is 19.1. The Morgan fingerprint density at radius 2 is 2.29 bits per heavy atom. The molecule has 0 fully saturated rings. The normalized spacial score (nSPS) is 9.76. The molecule has 0 unspecified atom stereocenters. The molecule has 0 N–H and O–H groups in total. The van der Waals surface area contributed by atoms with Gasteiger partial charge >= 0.3 is 0 Å². The molecule has 0 aromatic heterocycles. The molecule has 0 saturated heterocycles. The lowest BCUT2D eigenvalue weighted by Crippen LogP contribution is -2.28. The van der Waals surface area contributed by atoms with Gasteiger partial charge in [0.15, 0.2) is 0 Å². The van der Waals surface area contributed by atoms with E-state index in [-0.39, 0.29) is 41.8 Å². The first-order chi connectivity index (χ1) is 9.95. The molecule has 1 aromatic carbocycles. The second-order valence-electron chi connectivity index (χ2n) is 4.19. The van der Waals surface area contributed by atoms with Crippen LogP contribution in [-0.4, -0.2) is 35.9 Å². The van der Waals surface area contributed by atoms with Crippen molar-refractivity contribution >= 4 is 23.2 Å². The van der Waals surface area contributed by atoms with Crippen LogP contribution in [0, 0.1) is 21.4 Å². The number of carbonyl (C=O) groups excluding carboxylic acids is 1. The number of nitrogens with zero attached hydrogens (tertiary/aromatic N) is 3. The summed E-state index contributed by atoms with van der Waals surface area (Å²) in [5.74, 6) is 0.137. The van der Waals surface area contributed by atoms with Crippen LogP contribution in [-0.2, 0) is 4.79 Å². The Labute approximate surface area is 126 Å². The lowest BCUT2D eigenvalue weighted by molar-refractivity contribution is -0.384. The number of hydrogen-bond donors (Lipinski definition) is 0.